The largest absolute Gasteiger partial charge is 0.344 e. The van der Waals surface area contributed by atoms with Gasteiger partial charge in [0.2, 0.25) is 0 Å². The van der Waals surface area contributed by atoms with E-state index in [1.165, 1.54) is 5.56 Å². The fraction of sp³-hybridized carbons (Fsp3) is 0.222. The van der Waals surface area contributed by atoms with Crippen LogP contribution in [0.25, 0.3) is 0 Å². The van der Waals surface area contributed by atoms with Crippen LogP contribution in [-0.2, 0) is 29.1 Å². The molecule has 0 spiro atoms. The van der Waals surface area contributed by atoms with Gasteiger partial charge in [0.25, 0.3) is 0 Å². The third-order valence-electron chi connectivity index (χ3n) is 4.01. The molecule has 0 radical (unpaired) electrons. The minimum Gasteiger partial charge on any atom is -0.344 e. The number of benzene rings is 2. The van der Waals surface area contributed by atoms with Crippen LogP contribution in [0.5, 0.6) is 0 Å². The van der Waals surface area contributed by atoms with E-state index in [9.17, 15) is 9.59 Å². The summed E-state index contributed by atoms with van der Waals surface area (Å²) < 4.78 is 0. The molecule has 0 saturated heterocycles. The van der Waals surface area contributed by atoms with Crippen LogP contribution < -0.4 is 5.32 Å². The predicted octanol–water partition coefficient (Wildman–Crippen LogP) is 2.54. The average molecular weight is 329 g/mol. The van der Waals surface area contributed by atoms with E-state index in [0.717, 1.165) is 17.5 Å². The van der Waals surface area contributed by atoms with Crippen LogP contribution in [0, 0.1) is 0 Å². The van der Waals surface area contributed by atoms with Crippen LogP contribution in [0.15, 0.2) is 48.5 Å². The highest BCUT2D eigenvalue weighted by molar-refractivity contribution is 6.35. The Kier molecular flexibility index (Phi) is 4.63. The van der Waals surface area contributed by atoms with Gasteiger partial charge >= 0.3 is 11.8 Å². The maximum absolute atomic E-state index is 12.3. The standard InChI is InChI=1S/C18H17ClN2O2/c19-16-8-4-3-6-14(16)11-20-17(22)18(23)21-10-9-13-5-1-2-7-15(13)12-21/h1-8H,9-12H2,(H,20,22). The molecule has 0 unspecified atom stereocenters. The molecule has 0 saturated carbocycles. The summed E-state index contributed by atoms with van der Waals surface area (Å²) in [7, 11) is 0. The normalized spacial score (nSPS) is 13.3. The fourth-order valence-corrected chi connectivity index (χ4v) is 2.91. The van der Waals surface area contributed by atoms with E-state index in [2.05, 4.69) is 11.4 Å². The second kappa shape index (κ2) is 6.84. The van der Waals surface area contributed by atoms with Crippen LogP contribution in [0.2, 0.25) is 5.02 Å². The number of carbonyl (C=O) groups is 2. The highest BCUT2D eigenvalue weighted by Gasteiger charge is 2.25. The topological polar surface area (TPSA) is 49.4 Å². The quantitative estimate of drug-likeness (QED) is 0.861. The third-order valence-corrected chi connectivity index (χ3v) is 4.38. The SMILES string of the molecule is O=C(NCc1ccccc1Cl)C(=O)N1CCc2ccccc2C1. The lowest BCUT2D eigenvalue weighted by Crippen LogP contribution is -2.44. The van der Waals surface area contributed by atoms with Gasteiger partial charge < -0.3 is 10.2 Å². The van der Waals surface area contributed by atoms with Crippen molar-refractivity contribution in [2.45, 2.75) is 19.5 Å². The lowest BCUT2D eigenvalue weighted by molar-refractivity contribution is -0.146. The number of carbonyl (C=O) groups excluding carboxylic acids is 2. The average Bonchev–Trinajstić information content (AvgIpc) is 2.59. The second-order valence-corrected chi connectivity index (χ2v) is 5.93. The van der Waals surface area contributed by atoms with Crippen molar-refractivity contribution in [2.75, 3.05) is 6.54 Å². The predicted molar refractivity (Wildman–Crippen MR) is 88.9 cm³/mol. The van der Waals surface area contributed by atoms with Crippen LogP contribution in [0.1, 0.15) is 16.7 Å². The maximum atomic E-state index is 12.3. The van der Waals surface area contributed by atoms with Gasteiger partial charge in [0, 0.05) is 24.7 Å². The molecule has 2 amide bonds. The lowest BCUT2D eigenvalue weighted by Gasteiger charge is -2.28. The molecule has 0 aromatic heterocycles. The molecule has 3 rings (SSSR count). The Morgan fingerprint density at radius 3 is 2.52 bits per heavy atom. The van der Waals surface area contributed by atoms with Gasteiger partial charge in [-0.3, -0.25) is 9.59 Å². The monoisotopic (exact) mass is 328 g/mol. The number of nitrogens with zero attached hydrogens (tertiary/aromatic N) is 1. The van der Waals surface area contributed by atoms with Crippen molar-refractivity contribution in [1.29, 1.82) is 0 Å². The van der Waals surface area contributed by atoms with Gasteiger partial charge in [0.15, 0.2) is 0 Å². The molecule has 0 fully saturated rings. The van der Waals surface area contributed by atoms with Crippen molar-refractivity contribution in [3.05, 3.63) is 70.2 Å². The van der Waals surface area contributed by atoms with Crippen molar-refractivity contribution < 1.29 is 9.59 Å². The highest BCUT2D eigenvalue weighted by Crippen LogP contribution is 2.18. The van der Waals surface area contributed by atoms with Crippen LogP contribution in [0.3, 0.4) is 0 Å². The van der Waals surface area contributed by atoms with Gasteiger partial charge in [-0.1, -0.05) is 54.1 Å². The molecule has 23 heavy (non-hydrogen) atoms. The number of rotatable bonds is 2. The van der Waals surface area contributed by atoms with E-state index >= 15 is 0 Å². The van der Waals surface area contributed by atoms with Gasteiger partial charge in [-0.15, -0.1) is 0 Å². The van der Waals surface area contributed by atoms with Crippen LogP contribution >= 0.6 is 11.6 Å². The molecule has 1 aliphatic rings. The first kappa shape index (κ1) is 15.6. The molecule has 2 aromatic rings. The van der Waals surface area contributed by atoms with E-state index in [1.54, 1.807) is 11.0 Å². The third kappa shape index (κ3) is 3.54. The van der Waals surface area contributed by atoms with Crippen molar-refractivity contribution >= 4 is 23.4 Å². The van der Waals surface area contributed by atoms with E-state index in [1.807, 2.05) is 36.4 Å². The molecular weight excluding hydrogens is 312 g/mol. The Morgan fingerprint density at radius 1 is 1.04 bits per heavy atom. The first-order valence-corrected chi connectivity index (χ1v) is 7.90. The first-order chi connectivity index (χ1) is 11.1. The highest BCUT2D eigenvalue weighted by atomic mass is 35.5. The Labute approximate surface area is 140 Å². The Bertz CT molecular complexity index is 745. The van der Waals surface area contributed by atoms with Crippen molar-refractivity contribution in [3.8, 4) is 0 Å². The zero-order chi connectivity index (χ0) is 16.2. The number of hydrogen-bond acceptors (Lipinski definition) is 2. The molecule has 118 valence electrons. The van der Waals surface area contributed by atoms with Gasteiger partial charge in [0.1, 0.15) is 0 Å². The summed E-state index contributed by atoms with van der Waals surface area (Å²) in [5.41, 5.74) is 3.14. The number of amides is 2. The zero-order valence-electron chi connectivity index (χ0n) is 12.6. The maximum Gasteiger partial charge on any atom is 0.312 e. The summed E-state index contributed by atoms with van der Waals surface area (Å²) in [5, 5.41) is 3.22. The minimum absolute atomic E-state index is 0.245. The van der Waals surface area contributed by atoms with Crippen molar-refractivity contribution in [1.82, 2.24) is 10.2 Å². The first-order valence-electron chi connectivity index (χ1n) is 7.52. The van der Waals surface area contributed by atoms with E-state index in [-0.39, 0.29) is 6.54 Å². The minimum atomic E-state index is -0.593. The molecule has 1 N–H and O–H groups in total. The lowest BCUT2D eigenvalue weighted by atomic mass is 10.00. The molecular formula is C18H17ClN2O2. The van der Waals surface area contributed by atoms with Gasteiger partial charge in [-0.05, 0) is 29.2 Å². The van der Waals surface area contributed by atoms with E-state index < -0.39 is 11.8 Å². The van der Waals surface area contributed by atoms with Crippen molar-refractivity contribution in [2.24, 2.45) is 0 Å². The van der Waals surface area contributed by atoms with E-state index in [0.29, 0.717) is 18.1 Å². The summed E-state index contributed by atoms with van der Waals surface area (Å²) in [5.74, 6) is -1.09. The van der Waals surface area contributed by atoms with Crippen molar-refractivity contribution in [3.63, 3.8) is 0 Å². The molecule has 1 heterocycles. The van der Waals surface area contributed by atoms with Gasteiger partial charge in [-0.2, -0.15) is 0 Å². The van der Waals surface area contributed by atoms with Crippen LogP contribution in [-0.4, -0.2) is 23.3 Å². The molecule has 4 nitrogen and oxygen atoms in total. The summed E-state index contributed by atoms with van der Waals surface area (Å²) in [6, 6.07) is 15.2. The number of halogens is 1. The van der Waals surface area contributed by atoms with Gasteiger partial charge in [-0.25, -0.2) is 0 Å². The Balaban J connectivity index is 1.60. The summed E-state index contributed by atoms with van der Waals surface area (Å²) >= 11 is 6.05. The Morgan fingerprint density at radius 2 is 1.74 bits per heavy atom. The van der Waals surface area contributed by atoms with Gasteiger partial charge in [0.05, 0.1) is 0 Å². The summed E-state index contributed by atoms with van der Waals surface area (Å²) in [6.07, 6.45) is 0.777. The Hall–Kier alpha value is -2.33. The second-order valence-electron chi connectivity index (χ2n) is 5.52. The smallest absolute Gasteiger partial charge is 0.312 e. The number of nitrogens with one attached hydrogen (secondary N) is 1. The molecule has 0 aliphatic carbocycles. The fourth-order valence-electron chi connectivity index (χ4n) is 2.71. The summed E-state index contributed by atoms with van der Waals surface area (Å²) in [4.78, 5) is 26.0. The molecule has 0 atom stereocenters. The number of fused-ring (bicyclic) bond motifs is 1. The molecule has 0 bridgehead atoms. The molecule has 1 aliphatic heterocycles. The summed E-state index contributed by atoms with van der Waals surface area (Å²) in [6.45, 7) is 1.29. The zero-order valence-corrected chi connectivity index (χ0v) is 13.3. The van der Waals surface area contributed by atoms with E-state index in [4.69, 9.17) is 11.6 Å². The van der Waals surface area contributed by atoms with Crippen LogP contribution in [0.4, 0.5) is 0 Å². The number of hydrogen-bond donors (Lipinski definition) is 1. The molecule has 5 heteroatoms. The molecule has 2 aromatic carbocycles.